The quantitative estimate of drug-likeness (QED) is 0.198. The molecule has 4 aromatic rings. The number of primary amides is 1. The summed E-state index contributed by atoms with van der Waals surface area (Å²) in [4.78, 5) is 59.4. The number of benzene rings is 2. The van der Waals surface area contributed by atoms with E-state index in [1.165, 1.54) is 4.90 Å². The fourth-order valence-corrected chi connectivity index (χ4v) is 6.16. The van der Waals surface area contributed by atoms with Crippen molar-refractivity contribution in [1.29, 1.82) is 0 Å². The second-order valence-corrected chi connectivity index (χ2v) is 13.4. The molecule has 48 heavy (non-hydrogen) atoms. The summed E-state index contributed by atoms with van der Waals surface area (Å²) in [7, 11) is 0. The van der Waals surface area contributed by atoms with Gasteiger partial charge in [-0.1, -0.05) is 41.0 Å². The number of carbonyl (C=O) groups excluding carboxylic acids is 3. The van der Waals surface area contributed by atoms with Crippen LogP contribution in [0.25, 0.3) is 22.5 Å². The smallest absolute Gasteiger partial charge is 0.439 e. The van der Waals surface area contributed by atoms with Gasteiger partial charge in [-0.2, -0.15) is 0 Å². The van der Waals surface area contributed by atoms with Gasteiger partial charge in [0.05, 0.1) is 5.02 Å². The van der Waals surface area contributed by atoms with E-state index in [0.717, 1.165) is 16.7 Å². The number of carbonyl (C=O) groups is 3. The molecule has 0 radical (unpaired) electrons. The van der Waals surface area contributed by atoms with Crippen LogP contribution in [0.4, 0.5) is 10.5 Å². The molecule has 1 fully saturated rings. The van der Waals surface area contributed by atoms with Crippen molar-refractivity contribution in [3.63, 3.8) is 0 Å². The van der Waals surface area contributed by atoms with Crippen molar-refractivity contribution in [3.8, 4) is 22.5 Å². The van der Waals surface area contributed by atoms with Gasteiger partial charge in [0.2, 0.25) is 11.8 Å². The van der Waals surface area contributed by atoms with Crippen LogP contribution < -0.4 is 21.7 Å². The molecule has 2 aromatic carbocycles. The number of nitrogens with one attached hydrogen (secondary N) is 2. The van der Waals surface area contributed by atoms with Crippen molar-refractivity contribution in [2.24, 2.45) is 17.6 Å². The molecular formula is C35H39ClN6O6. The standard InChI is InChI=1S/C35H39ClN6O6/c1-35(2,3)47-33(45)39-19-21-7-9-24(10-8-21)32(44)42(26-13-11-23(12-14-26)31-40-34(46)48-41-31)29(30(37)43)18-22-5-4-6-25(17-22)27-20-38-16-15-28(27)36/h4-6,11-17,20-21,24,29H,7-10,18-19H2,1-3H3,(H2,37,43)(H,39,45)(H,40,41,46)/t21?,24?,29-/m0/s1. The Morgan fingerprint density at radius 1 is 1.08 bits per heavy atom. The molecule has 4 N–H and O–H groups in total. The summed E-state index contributed by atoms with van der Waals surface area (Å²) in [6.07, 6.45) is 5.56. The maximum absolute atomic E-state index is 14.4. The van der Waals surface area contributed by atoms with E-state index in [9.17, 15) is 19.2 Å². The van der Waals surface area contributed by atoms with E-state index in [2.05, 4.69) is 25.0 Å². The Morgan fingerprint density at radius 2 is 1.81 bits per heavy atom. The third kappa shape index (κ3) is 8.68. The Kier molecular flexibility index (Phi) is 10.6. The van der Waals surface area contributed by atoms with Crippen LogP contribution in [0.2, 0.25) is 5.02 Å². The Labute approximate surface area is 283 Å². The molecule has 0 aliphatic heterocycles. The molecule has 0 bridgehead atoms. The molecule has 0 saturated heterocycles. The zero-order valence-electron chi connectivity index (χ0n) is 27.1. The molecule has 1 aliphatic rings. The Hall–Kier alpha value is -4.97. The largest absolute Gasteiger partial charge is 0.444 e. The number of rotatable bonds is 10. The molecule has 0 spiro atoms. The van der Waals surface area contributed by atoms with E-state index in [-0.39, 0.29) is 30.0 Å². The average molecular weight is 675 g/mol. The summed E-state index contributed by atoms with van der Waals surface area (Å²) >= 11 is 6.43. The number of hydrogen-bond donors (Lipinski definition) is 3. The van der Waals surface area contributed by atoms with E-state index >= 15 is 0 Å². The lowest BCUT2D eigenvalue weighted by atomic mass is 9.81. The van der Waals surface area contributed by atoms with Crippen molar-refractivity contribution < 1.29 is 23.6 Å². The molecule has 3 amide bonds. The molecule has 252 valence electrons. The van der Waals surface area contributed by atoms with Gasteiger partial charge >= 0.3 is 11.8 Å². The van der Waals surface area contributed by atoms with Crippen molar-refractivity contribution in [3.05, 3.63) is 88.1 Å². The number of amides is 3. The minimum absolute atomic E-state index is 0.153. The molecule has 2 aromatic heterocycles. The zero-order valence-corrected chi connectivity index (χ0v) is 27.8. The first-order chi connectivity index (χ1) is 22.9. The van der Waals surface area contributed by atoms with Crippen LogP contribution in [-0.4, -0.2) is 51.2 Å². The van der Waals surface area contributed by atoms with E-state index in [1.54, 1.807) is 42.7 Å². The number of H-pyrrole nitrogens is 1. The topological polar surface area (TPSA) is 174 Å². The lowest BCUT2D eigenvalue weighted by Crippen LogP contribution is -2.52. The fraction of sp³-hybridized carbons (Fsp3) is 0.371. The van der Waals surface area contributed by atoms with Gasteiger partial charge in [-0.05, 0) is 93.8 Å². The lowest BCUT2D eigenvalue weighted by Gasteiger charge is -2.36. The second kappa shape index (κ2) is 14.8. The number of anilines is 1. The number of ether oxygens (including phenoxy) is 1. The third-order valence-corrected chi connectivity index (χ3v) is 8.63. The van der Waals surface area contributed by atoms with Crippen LogP contribution >= 0.6 is 11.6 Å². The Morgan fingerprint density at radius 3 is 2.44 bits per heavy atom. The molecule has 12 nitrogen and oxygen atoms in total. The fourth-order valence-electron chi connectivity index (χ4n) is 5.95. The Balaban J connectivity index is 1.39. The Bertz CT molecular complexity index is 1810. The van der Waals surface area contributed by atoms with Crippen LogP contribution in [-0.2, 0) is 20.7 Å². The summed E-state index contributed by atoms with van der Waals surface area (Å²) < 4.78 is 9.98. The number of pyridine rings is 1. The highest BCUT2D eigenvalue weighted by atomic mass is 35.5. The predicted molar refractivity (Wildman–Crippen MR) is 181 cm³/mol. The number of aromatic nitrogens is 3. The van der Waals surface area contributed by atoms with Gasteiger partial charge in [0.1, 0.15) is 11.6 Å². The second-order valence-electron chi connectivity index (χ2n) is 13.0. The summed E-state index contributed by atoms with van der Waals surface area (Å²) in [5.41, 5.74) is 8.82. The number of hydrogen-bond acceptors (Lipinski definition) is 8. The molecule has 1 atom stereocenters. The molecule has 1 aliphatic carbocycles. The number of nitrogens with zero attached hydrogens (tertiary/aromatic N) is 3. The van der Waals surface area contributed by atoms with Crippen LogP contribution in [0.15, 0.2) is 76.3 Å². The maximum Gasteiger partial charge on any atom is 0.439 e. The van der Waals surface area contributed by atoms with Gasteiger partial charge in [-0.15, -0.1) is 0 Å². The maximum atomic E-state index is 14.4. The van der Waals surface area contributed by atoms with Gasteiger partial charge in [0, 0.05) is 48.1 Å². The molecule has 0 unspecified atom stereocenters. The van der Waals surface area contributed by atoms with Gasteiger partial charge in [-0.25, -0.2) is 9.59 Å². The predicted octanol–water partition coefficient (Wildman–Crippen LogP) is 5.51. The van der Waals surface area contributed by atoms with Crippen molar-refractivity contribution >= 4 is 35.2 Å². The minimum Gasteiger partial charge on any atom is -0.444 e. The van der Waals surface area contributed by atoms with Gasteiger partial charge < -0.3 is 15.8 Å². The number of aromatic amines is 1. The molecule has 2 heterocycles. The first-order valence-electron chi connectivity index (χ1n) is 15.8. The SMILES string of the molecule is CC(C)(C)OC(=O)NCC1CCC(C(=O)N(c2ccc(-c3noc(=O)[nH]3)cc2)[C@@H](Cc2cccc(-c3cnccc3Cl)c2)C(N)=O)CC1. The summed E-state index contributed by atoms with van der Waals surface area (Å²) in [6, 6.07) is 15.0. The van der Waals surface area contributed by atoms with E-state index in [4.69, 9.17) is 22.1 Å². The monoisotopic (exact) mass is 674 g/mol. The van der Waals surface area contributed by atoms with Crippen LogP contribution in [0.1, 0.15) is 52.0 Å². The molecule has 1 saturated carbocycles. The van der Waals surface area contributed by atoms with Crippen LogP contribution in [0.5, 0.6) is 0 Å². The third-order valence-electron chi connectivity index (χ3n) is 8.30. The summed E-state index contributed by atoms with van der Waals surface area (Å²) in [5.74, 6) is -1.50. The van der Waals surface area contributed by atoms with Gasteiger partial charge in [0.25, 0.3) is 0 Å². The lowest BCUT2D eigenvalue weighted by molar-refractivity contribution is -0.127. The van der Waals surface area contributed by atoms with E-state index in [1.807, 2.05) is 45.0 Å². The van der Waals surface area contributed by atoms with E-state index < -0.39 is 29.4 Å². The van der Waals surface area contributed by atoms with E-state index in [0.29, 0.717) is 48.5 Å². The summed E-state index contributed by atoms with van der Waals surface area (Å²) in [5, 5.41) is 7.11. The van der Waals surface area contributed by atoms with Crippen molar-refractivity contribution in [2.45, 2.75) is 64.5 Å². The minimum atomic E-state index is -1.01. The highest BCUT2D eigenvalue weighted by Crippen LogP contribution is 2.34. The normalized spacial score (nSPS) is 16.9. The van der Waals surface area contributed by atoms with Crippen LogP contribution in [0.3, 0.4) is 0 Å². The number of halogens is 1. The molecule has 5 rings (SSSR count). The molecule has 13 heteroatoms. The first kappa shape index (κ1) is 34.4. The highest BCUT2D eigenvalue weighted by molar-refractivity contribution is 6.33. The summed E-state index contributed by atoms with van der Waals surface area (Å²) in [6.45, 7) is 5.88. The van der Waals surface area contributed by atoms with Crippen molar-refractivity contribution in [2.75, 3.05) is 11.4 Å². The van der Waals surface area contributed by atoms with Crippen LogP contribution in [0, 0.1) is 11.8 Å². The number of alkyl carbamates (subject to hydrolysis) is 1. The van der Waals surface area contributed by atoms with Crippen molar-refractivity contribution in [1.82, 2.24) is 20.4 Å². The molecular weight excluding hydrogens is 636 g/mol. The average Bonchev–Trinajstić information content (AvgIpc) is 3.49. The van der Waals surface area contributed by atoms with Gasteiger partial charge in [0.15, 0.2) is 5.82 Å². The number of nitrogens with two attached hydrogens (primary N) is 1. The van der Waals surface area contributed by atoms with Gasteiger partial charge in [-0.3, -0.25) is 29.0 Å². The first-order valence-corrected chi connectivity index (χ1v) is 16.2. The zero-order chi connectivity index (χ0) is 34.4. The highest BCUT2D eigenvalue weighted by Gasteiger charge is 2.36.